The van der Waals surface area contributed by atoms with E-state index in [4.69, 9.17) is 4.74 Å². The average Bonchev–Trinajstić information content (AvgIpc) is 2.85. The van der Waals surface area contributed by atoms with E-state index in [9.17, 15) is 4.79 Å². The van der Waals surface area contributed by atoms with E-state index >= 15 is 0 Å². The molecular formula is C27H37N3O2. The normalized spacial score (nSPS) is 18.1. The van der Waals surface area contributed by atoms with Gasteiger partial charge in [0.25, 0.3) is 0 Å². The first-order valence-corrected chi connectivity index (χ1v) is 12.2. The molecule has 0 saturated carbocycles. The maximum atomic E-state index is 13.2. The number of likely N-dealkylation sites (tertiary alicyclic amines) is 1. The quantitative estimate of drug-likeness (QED) is 0.653. The molecular weight excluding hydrogens is 398 g/mol. The number of nitrogens with zero attached hydrogens (tertiary/aromatic N) is 3. The summed E-state index contributed by atoms with van der Waals surface area (Å²) in [6, 6.07) is 17.2. The molecule has 32 heavy (non-hydrogen) atoms. The van der Waals surface area contributed by atoms with Crippen molar-refractivity contribution >= 4 is 11.6 Å². The molecule has 0 N–H and O–H groups in total. The van der Waals surface area contributed by atoms with Crippen molar-refractivity contribution in [3.05, 3.63) is 59.7 Å². The van der Waals surface area contributed by atoms with Crippen molar-refractivity contribution in [2.75, 3.05) is 50.8 Å². The fourth-order valence-electron chi connectivity index (χ4n) is 4.90. The summed E-state index contributed by atoms with van der Waals surface area (Å²) < 4.78 is 5.80. The fourth-order valence-corrected chi connectivity index (χ4v) is 4.90. The summed E-state index contributed by atoms with van der Waals surface area (Å²) >= 11 is 0. The van der Waals surface area contributed by atoms with E-state index in [1.807, 2.05) is 19.1 Å². The second kappa shape index (κ2) is 10.9. The Morgan fingerprint density at radius 3 is 2.19 bits per heavy atom. The lowest BCUT2D eigenvalue weighted by atomic mass is 9.94. The van der Waals surface area contributed by atoms with Gasteiger partial charge in [-0.25, -0.2) is 0 Å². The Hall–Kier alpha value is -2.53. The molecule has 0 radical (unpaired) electrons. The van der Waals surface area contributed by atoms with Crippen LogP contribution in [0.2, 0.25) is 0 Å². The van der Waals surface area contributed by atoms with Crippen LogP contribution in [0.4, 0.5) is 5.69 Å². The first kappa shape index (κ1) is 22.7. The molecule has 172 valence electrons. The predicted octanol–water partition coefficient (Wildman–Crippen LogP) is 4.21. The van der Waals surface area contributed by atoms with Crippen molar-refractivity contribution in [1.82, 2.24) is 9.80 Å². The van der Waals surface area contributed by atoms with E-state index < -0.39 is 0 Å². The molecule has 0 aliphatic carbocycles. The molecule has 2 heterocycles. The summed E-state index contributed by atoms with van der Waals surface area (Å²) in [4.78, 5) is 20.1. The molecule has 0 atom stereocenters. The maximum Gasteiger partial charge on any atom is 0.225 e. The number of carbonyl (C=O) groups excluding carboxylic acids is 1. The van der Waals surface area contributed by atoms with Gasteiger partial charge in [0.15, 0.2) is 0 Å². The van der Waals surface area contributed by atoms with Crippen LogP contribution in [0.5, 0.6) is 5.75 Å². The number of ether oxygens (including phenoxy) is 1. The van der Waals surface area contributed by atoms with Crippen LogP contribution in [-0.4, -0.2) is 61.6 Å². The highest BCUT2D eigenvalue weighted by atomic mass is 16.5. The van der Waals surface area contributed by atoms with Gasteiger partial charge in [-0.1, -0.05) is 43.3 Å². The minimum absolute atomic E-state index is 0.177. The maximum absolute atomic E-state index is 13.2. The van der Waals surface area contributed by atoms with Gasteiger partial charge in [-0.15, -0.1) is 0 Å². The smallest absolute Gasteiger partial charge is 0.225 e. The molecule has 4 rings (SSSR count). The van der Waals surface area contributed by atoms with Crippen LogP contribution in [0.1, 0.15) is 37.8 Å². The number of para-hydroxylation sites is 2. The molecule has 5 nitrogen and oxygen atoms in total. The van der Waals surface area contributed by atoms with Crippen LogP contribution < -0.4 is 9.64 Å². The minimum Gasteiger partial charge on any atom is -0.492 e. The van der Waals surface area contributed by atoms with Gasteiger partial charge in [0.05, 0.1) is 12.3 Å². The molecule has 0 spiro atoms. The van der Waals surface area contributed by atoms with Crippen molar-refractivity contribution < 1.29 is 9.53 Å². The molecule has 2 aromatic rings. The molecule has 2 saturated heterocycles. The molecule has 1 amide bonds. The van der Waals surface area contributed by atoms with Gasteiger partial charge in [-0.05, 0) is 62.5 Å². The van der Waals surface area contributed by atoms with Crippen LogP contribution >= 0.6 is 0 Å². The van der Waals surface area contributed by atoms with Crippen molar-refractivity contribution in [3.63, 3.8) is 0 Å². The highest BCUT2D eigenvalue weighted by Crippen LogP contribution is 2.29. The lowest BCUT2D eigenvalue weighted by Crippen LogP contribution is -2.51. The van der Waals surface area contributed by atoms with Crippen LogP contribution in [-0.2, 0) is 17.8 Å². The van der Waals surface area contributed by atoms with Crippen molar-refractivity contribution in [3.8, 4) is 5.75 Å². The summed E-state index contributed by atoms with van der Waals surface area (Å²) in [5.41, 5.74) is 3.90. The predicted molar refractivity (Wildman–Crippen MR) is 130 cm³/mol. The zero-order valence-electron chi connectivity index (χ0n) is 19.6. The summed E-state index contributed by atoms with van der Waals surface area (Å²) in [7, 11) is 0. The Kier molecular flexibility index (Phi) is 7.69. The fraction of sp³-hybridized carbons (Fsp3) is 0.519. The van der Waals surface area contributed by atoms with E-state index in [1.165, 1.54) is 11.1 Å². The number of hydrogen-bond acceptors (Lipinski definition) is 4. The lowest BCUT2D eigenvalue weighted by Gasteiger charge is -2.39. The van der Waals surface area contributed by atoms with E-state index in [1.54, 1.807) is 0 Å². The van der Waals surface area contributed by atoms with Gasteiger partial charge in [-0.2, -0.15) is 0 Å². The Labute approximate surface area is 193 Å². The molecule has 0 bridgehead atoms. The molecule has 0 unspecified atom stereocenters. The zero-order valence-corrected chi connectivity index (χ0v) is 19.6. The Balaban J connectivity index is 1.24. The number of aryl methyl sites for hydroxylation is 1. The number of hydrogen-bond donors (Lipinski definition) is 0. The highest BCUT2D eigenvalue weighted by molar-refractivity contribution is 5.79. The van der Waals surface area contributed by atoms with Crippen LogP contribution in [0.15, 0.2) is 48.5 Å². The van der Waals surface area contributed by atoms with E-state index in [0.29, 0.717) is 12.5 Å². The van der Waals surface area contributed by atoms with Crippen molar-refractivity contribution in [2.24, 2.45) is 5.92 Å². The SMILES string of the molecule is CCOc1ccccc1N1CCN(C(=O)C2CCN(Cc3ccc(CC)cc3)CC2)CC1. The van der Waals surface area contributed by atoms with Gasteiger partial charge in [0.2, 0.25) is 5.91 Å². The first-order chi connectivity index (χ1) is 15.7. The van der Waals surface area contributed by atoms with Crippen molar-refractivity contribution in [1.29, 1.82) is 0 Å². The zero-order chi connectivity index (χ0) is 22.3. The average molecular weight is 436 g/mol. The number of amides is 1. The second-order valence-electron chi connectivity index (χ2n) is 8.93. The third kappa shape index (κ3) is 5.44. The van der Waals surface area contributed by atoms with Crippen LogP contribution in [0.3, 0.4) is 0 Å². The standard InChI is InChI=1S/C27H37N3O2/c1-3-22-9-11-23(12-10-22)21-28-15-13-24(14-16-28)27(31)30-19-17-29(18-20-30)25-7-5-6-8-26(25)32-4-2/h5-12,24H,3-4,13-21H2,1-2H3. The van der Waals surface area contributed by atoms with Gasteiger partial charge in [0, 0.05) is 38.6 Å². The summed E-state index contributed by atoms with van der Waals surface area (Å²) in [6.45, 7) is 11.2. The molecule has 2 aliphatic heterocycles. The number of piperidine rings is 1. The number of anilines is 1. The van der Waals surface area contributed by atoms with Gasteiger partial charge in [0.1, 0.15) is 5.75 Å². The third-order valence-electron chi connectivity index (χ3n) is 6.87. The minimum atomic E-state index is 0.177. The first-order valence-electron chi connectivity index (χ1n) is 12.2. The van der Waals surface area contributed by atoms with Gasteiger partial charge < -0.3 is 14.5 Å². The third-order valence-corrected chi connectivity index (χ3v) is 6.87. The molecule has 0 aromatic heterocycles. The molecule has 2 aliphatic rings. The van der Waals surface area contributed by atoms with E-state index in [0.717, 1.165) is 76.5 Å². The second-order valence-corrected chi connectivity index (χ2v) is 8.93. The molecule has 2 aromatic carbocycles. The number of carbonyl (C=O) groups is 1. The van der Waals surface area contributed by atoms with E-state index in [-0.39, 0.29) is 5.92 Å². The van der Waals surface area contributed by atoms with Gasteiger partial charge >= 0.3 is 0 Å². The largest absolute Gasteiger partial charge is 0.492 e. The summed E-state index contributed by atoms with van der Waals surface area (Å²) in [5, 5.41) is 0. The van der Waals surface area contributed by atoms with E-state index in [2.05, 4.69) is 58.0 Å². The molecule has 2 fully saturated rings. The Morgan fingerprint density at radius 2 is 1.53 bits per heavy atom. The number of rotatable bonds is 7. The Bertz CT molecular complexity index is 867. The topological polar surface area (TPSA) is 36.0 Å². The van der Waals surface area contributed by atoms with Gasteiger partial charge in [-0.3, -0.25) is 9.69 Å². The summed E-state index contributed by atoms with van der Waals surface area (Å²) in [6.07, 6.45) is 3.03. The number of benzene rings is 2. The number of piperazine rings is 1. The molecule has 5 heteroatoms. The van der Waals surface area contributed by atoms with Crippen LogP contribution in [0.25, 0.3) is 0 Å². The van der Waals surface area contributed by atoms with Crippen molar-refractivity contribution in [2.45, 2.75) is 39.7 Å². The summed E-state index contributed by atoms with van der Waals surface area (Å²) in [5.74, 6) is 1.47. The highest BCUT2D eigenvalue weighted by Gasteiger charge is 2.30. The lowest BCUT2D eigenvalue weighted by molar-refractivity contribution is -0.137. The Morgan fingerprint density at radius 1 is 0.875 bits per heavy atom. The van der Waals surface area contributed by atoms with Crippen LogP contribution in [0, 0.1) is 5.92 Å². The monoisotopic (exact) mass is 435 g/mol.